The molecular weight excluding hydrogens is 202 g/mol. The Balaban J connectivity index is 2.59. The first kappa shape index (κ1) is 13.5. The van der Waals surface area contributed by atoms with Crippen LogP contribution in [0.4, 0.5) is 0 Å². The number of hydrogen-bond acceptors (Lipinski definition) is 3. The maximum absolute atomic E-state index is 11.9. The van der Waals surface area contributed by atoms with Gasteiger partial charge in [0.15, 0.2) is 0 Å². The molecule has 4 nitrogen and oxygen atoms in total. The van der Waals surface area contributed by atoms with Crippen molar-refractivity contribution in [2.24, 2.45) is 5.92 Å². The van der Waals surface area contributed by atoms with Crippen molar-refractivity contribution in [2.45, 2.75) is 31.3 Å². The highest BCUT2D eigenvalue weighted by molar-refractivity contribution is 5.78. The second-order valence-corrected chi connectivity index (χ2v) is 5.18. The summed E-state index contributed by atoms with van der Waals surface area (Å²) >= 11 is 0. The Hall–Kier alpha value is -0.610. The van der Waals surface area contributed by atoms with Crippen molar-refractivity contribution >= 4 is 5.91 Å². The van der Waals surface area contributed by atoms with E-state index in [4.69, 9.17) is 0 Å². The predicted molar refractivity (Wildman–Crippen MR) is 66.1 cm³/mol. The van der Waals surface area contributed by atoms with E-state index in [0.717, 1.165) is 25.7 Å². The number of nitrogens with zero attached hydrogens (tertiary/aromatic N) is 2. The summed E-state index contributed by atoms with van der Waals surface area (Å²) in [6.07, 6.45) is 4.05. The summed E-state index contributed by atoms with van der Waals surface area (Å²) < 4.78 is 0. The van der Waals surface area contributed by atoms with Crippen LogP contribution in [0.1, 0.15) is 25.7 Å². The van der Waals surface area contributed by atoms with Crippen molar-refractivity contribution < 1.29 is 4.79 Å². The van der Waals surface area contributed by atoms with Gasteiger partial charge in [-0.2, -0.15) is 0 Å². The zero-order chi connectivity index (χ0) is 12.3. The fourth-order valence-corrected chi connectivity index (χ4v) is 2.63. The van der Waals surface area contributed by atoms with Gasteiger partial charge in [-0.05, 0) is 46.8 Å². The molecule has 94 valence electrons. The Labute approximate surface area is 99.0 Å². The van der Waals surface area contributed by atoms with Crippen LogP contribution >= 0.6 is 0 Å². The van der Waals surface area contributed by atoms with Gasteiger partial charge in [0, 0.05) is 20.0 Å². The Bertz CT molecular complexity index is 243. The van der Waals surface area contributed by atoms with Gasteiger partial charge in [-0.3, -0.25) is 9.69 Å². The molecule has 1 amide bonds. The average molecular weight is 227 g/mol. The maximum Gasteiger partial charge on any atom is 0.225 e. The van der Waals surface area contributed by atoms with Crippen molar-refractivity contribution in [2.75, 3.05) is 35.2 Å². The number of carbonyl (C=O) groups is 1. The van der Waals surface area contributed by atoms with Gasteiger partial charge in [-0.25, -0.2) is 0 Å². The molecule has 1 fully saturated rings. The van der Waals surface area contributed by atoms with E-state index in [1.54, 1.807) is 4.90 Å². The summed E-state index contributed by atoms with van der Waals surface area (Å²) in [6, 6.07) is 0. The Morgan fingerprint density at radius 1 is 1.19 bits per heavy atom. The lowest BCUT2D eigenvalue weighted by Gasteiger charge is -2.44. The molecule has 1 aliphatic rings. The summed E-state index contributed by atoms with van der Waals surface area (Å²) in [4.78, 5) is 15.8. The van der Waals surface area contributed by atoms with E-state index in [-0.39, 0.29) is 17.5 Å². The quantitative estimate of drug-likeness (QED) is 0.722. The van der Waals surface area contributed by atoms with Gasteiger partial charge in [0.1, 0.15) is 0 Å². The third kappa shape index (κ3) is 2.55. The Morgan fingerprint density at radius 2 is 1.69 bits per heavy atom. The number of hydrogen-bond donors (Lipinski definition) is 1. The summed E-state index contributed by atoms with van der Waals surface area (Å²) in [7, 11) is 9.89. The molecule has 0 aliphatic heterocycles. The summed E-state index contributed by atoms with van der Waals surface area (Å²) in [5, 5.41) is 3.41. The molecule has 0 unspecified atom stereocenters. The van der Waals surface area contributed by atoms with Gasteiger partial charge in [-0.15, -0.1) is 0 Å². The minimum Gasteiger partial charge on any atom is -0.349 e. The lowest BCUT2D eigenvalue weighted by atomic mass is 9.80. The highest BCUT2D eigenvalue weighted by atomic mass is 16.2. The lowest BCUT2D eigenvalue weighted by molar-refractivity contribution is -0.135. The number of rotatable bonds is 3. The van der Waals surface area contributed by atoms with E-state index in [0.29, 0.717) is 0 Å². The molecular formula is C12H25N3O. The van der Waals surface area contributed by atoms with Gasteiger partial charge in [-0.1, -0.05) is 0 Å². The van der Waals surface area contributed by atoms with Crippen LogP contribution in [-0.2, 0) is 4.79 Å². The van der Waals surface area contributed by atoms with E-state index < -0.39 is 0 Å². The molecule has 1 aliphatic carbocycles. The van der Waals surface area contributed by atoms with Crippen LogP contribution in [0.5, 0.6) is 0 Å². The zero-order valence-electron chi connectivity index (χ0n) is 11.2. The molecule has 1 rings (SSSR count). The molecule has 0 aromatic carbocycles. The molecule has 0 aromatic rings. The standard InChI is InChI=1S/C12H25N3O/c1-13-12(15(4)5)8-6-10(7-9-12)11(16)14(2)3/h10,13H,6-9H2,1-5H3. The Morgan fingerprint density at radius 3 is 2.00 bits per heavy atom. The fraction of sp³-hybridized carbons (Fsp3) is 0.917. The van der Waals surface area contributed by atoms with E-state index >= 15 is 0 Å². The molecule has 16 heavy (non-hydrogen) atoms. The minimum atomic E-state index is 0.0864. The normalized spacial score (nSPS) is 30.5. The van der Waals surface area contributed by atoms with Crippen LogP contribution < -0.4 is 5.32 Å². The SMILES string of the molecule is CNC1(N(C)C)CCC(C(=O)N(C)C)CC1. The average Bonchev–Trinajstić information content (AvgIpc) is 2.27. The lowest BCUT2D eigenvalue weighted by Crippen LogP contribution is -2.57. The Kier molecular flexibility index (Phi) is 4.33. The van der Waals surface area contributed by atoms with Gasteiger partial charge < -0.3 is 10.2 Å². The summed E-state index contributed by atoms with van der Waals surface area (Å²) in [6.45, 7) is 0. The van der Waals surface area contributed by atoms with E-state index in [2.05, 4.69) is 24.3 Å². The monoisotopic (exact) mass is 227 g/mol. The first-order chi connectivity index (χ1) is 7.43. The van der Waals surface area contributed by atoms with Crippen LogP contribution in [-0.4, -0.2) is 56.6 Å². The third-order valence-corrected chi connectivity index (χ3v) is 3.92. The van der Waals surface area contributed by atoms with Crippen molar-refractivity contribution in [1.29, 1.82) is 0 Å². The van der Waals surface area contributed by atoms with Crippen LogP contribution in [0.15, 0.2) is 0 Å². The molecule has 0 atom stereocenters. The maximum atomic E-state index is 11.9. The first-order valence-electron chi connectivity index (χ1n) is 6.00. The zero-order valence-corrected chi connectivity index (χ0v) is 11.2. The highest BCUT2D eigenvalue weighted by Gasteiger charge is 2.38. The van der Waals surface area contributed by atoms with Gasteiger partial charge >= 0.3 is 0 Å². The number of amides is 1. The van der Waals surface area contributed by atoms with Gasteiger partial charge in [0.25, 0.3) is 0 Å². The van der Waals surface area contributed by atoms with E-state index in [9.17, 15) is 4.79 Å². The van der Waals surface area contributed by atoms with Crippen molar-refractivity contribution in [3.63, 3.8) is 0 Å². The molecule has 0 aromatic heterocycles. The predicted octanol–water partition coefficient (Wildman–Crippen LogP) is 0.742. The smallest absolute Gasteiger partial charge is 0.225 e. The summed E-state index contributed by atoms with van der Waals surface area (Å²) in [5.41, 5.74) is 0.0864. The fourth-order valence-electron chi connectivity index (χ4n) is 2.63. The molecule has 0 saturated heterocycles. The molecule has 0 radical (unpaired) electrons. The second kappa shape index (κ2) is 5.15. The van der Waals surface area contributed by atoms with Crippen molar-refractivity contribution in [1.82, 2.24) is 15.1 Å². The topological polar surface area (TPSA) is 35.6 Å². The molecule has 1 N–H and O–H groups in total. The number of nitrogens with one attached hydrogen (secondary N) is 1. The second-order valence-electron chi connectivity index (χ2n) is 5.18. The van der Waals surface area contributed by atoms with Crippen LogP contribution in [0.25, 0.3) is 0 Å². The van der Waals surface area contributed by atoms with Gasteiger partial charge in [0.2, 0.25) is 5.91 Å². The van der Waals surface area contributed by atoms with E-state index in [1.165, 1.54) is 0 Å². The summed E-state index contributed by atoms with van der Waals surface area (Å²) in [5.74, 6) is 0.500. The molecule has 0 spiro atoms. The van der Waals surface area contributed by atoms with Crippen LogP contribution in [0, 0.1) is 5.92 Å². The van der Waals surface area contributed by atoms with E-state index in [1.807, 2.05) is 21.1 Å². The molecule has 0 heterocycles. The molecule has 4 heteroatoms. The highest BCUT2D eigenvalue weighted by Crippen LogP contribution is 2.33. The number of carbonyl (C=O) groups excluding carboxylic acids is 1. The first-order valence-corrected chi connectivity index (χ1v) is 6.00. The minimum absolute atomic E-state index is 0.0864. The van der Waals surface area contributed by atoms with Gasteiger partial charge in [0.05, 0.1) is 5.66 Å². The van der Waals surface area contributed by atoms with Crippen LogP contribution in [0.2, 0.25) is 0 Å². The van der Waals surface area contributed by atoms with Crippen molar-refractivity contribution in [3.05, 3.63) is 0 Å². The van der Waals surface area contributed by atoms with Crippen molar-refractivity contribution in [3.8, 4) is 0 Å². The third-order valence-electron chi connectivity index (χ3n) is 3.92. The largest absolute Gasteiger partial charge is 0.349 e. The molecule has 0 bridgehead atoms. The molecule has 1 saturated carbocycles. The van der Waals surface area contributed by atoms with Crippen LogP contribution in [0.3, 0.4) is 0 Å².